The third kappa shape index (κ3) is 5.92. The van der Waals surface area contributed by atoms with Crippen molar-refractivity contribution in [3.8, 4) is 0 Å². The molecule has 0 aromatic heterocycles. The van der Waals surface area contributed by atoms with E-state index in [2.05, 4.69) is 6.92 Å². The van der Waals surface area contributed by atoms with Crippen molar-refractivity contribution in [2.45, 2.75) is 64.4 Å². The van der Waals surface area contributed by atoms with Gasteiger partial charge in [-0.15, -0.1) is 0 Å². The first-order valence-corrected chi connectivity index (χ1v) is 9.23. The van der Waals surface area contributed by atoms with Crippen LogP contribution in [0.15, 0.2) is 0 Å². The van der Waals surface area contributed by atoms with E-state index in [1.807, 2.05) is 0 Å². The quantitative estimate of drug-likeness (QED) is 0.552. The van der Waals surface area contributed by atoms with Crippen molar-refractivity contribution in [2.24, 2.45) is 5.92 Å². The van der Waals surface area contributed by atoms with Gasteiger partial charge in [-0.25, -0.2) is 0 Å². The van der Waals surface area contributed by atoms with Crippen molar-refractivity contribution in [1.82, 2.24) is 0 Å². The summed E-state index contributed by atoms with van der Waals surface area (Å²) in [6, 6.07) is 0. The van der Waals surface area contributed by atoms with E-state index in [1.165, 1.54) is 0 Å². The molecule has 0 saturated heterocycles. The smallest absolute Gasteiger partial charge is 0.308 e. The number of unbranched alkanes of at least 4 members (excludes halogenated alkanes) is 2. The molecule has 0 spiro atoms. The van der Waals surface area contributed by atoms with Crippen molar-refractivity contribution in [1.29, 1.82) is 0 Å². The first-order chi connectivity index (χ1) is 9.50. The molecule has 0 amide bonds. The number of aliphatic hydroxyl groups is 1. The second-order valence-electron chi connectivity index (χ2n) is 5.75. The van der Waals surface area contributed by atoms with Gasteiger partial charge in [0.2, 0.25) is 0 Å². The highest BCUT2D eigenvalue weighted by Gasteiger charge is 2.37. The highest BCUT2D eigenvalue weighted by Crippen LogP contribution is 2.33. The summed E-state index contributed by atoms with van der Waals surface area (Å²) in [7, 11) is -0.950. The van der Waals surface area contributed by atoms with Crippen LogP contribution in [-0.2, 0) is 20.3 Å². The highest BCUT2D eigenvalue weighted by molar-refractivity contribution is 7.85. The fourth-order valence-electron chi connectivity index (χ4n) is 2.68. The molecule has 0 heterocycles. The van der Waals surface area contributed by atoms with Crippen molar-refractivity contribution in [2.75, 3.05) is 18.1 Å². The van der Waals surface area contributed by atoms with Gasteiger partial charge in [0.1, 0.15) is 0 Å². The average Bonchev–Trinajstić information content (AvgIpc) is 2.39. The Kier molecular flexibility index (Phi) is 7.74. The van der Waals surface area contributed by atoms with E-state index in [-0.39, 0.29) is 11.9 Å². The molecular formula is C15H28O4S. The van der Waals surface area contributed by atoms with Gasteiger partial charge in [0, 0.05) is 16.6 Å². The molecule has 5 heteroatoms. The van der Waals surface area contributed by atoms with Gasteiger partial charge in [-0.1, -0.05) is 19.8 Å². The van der Waals surface area contributed by atoms with Crippen LogP contribution in [0.1, 0.15) is 58.8 Å². The highest BCUT2D eigenvalue weighted by atomic mass is 32.2. The molecule has 1 atom stereocenters. The number of hydrogen-bond donors (Lipinski definition) is 1. The molecule has 0 aromatic rings. The zero-order chi connectivity index (χ0) is 15.0. The Morgan fingerprint density at radius 2 is 1.95 bits per heavy atom. The Labute approximate surface area is 124 Å². The summed E-state index contributed by atoms with van der Waals surface area (Å²) in [5, 5.41) is 10.5. The number of carbonyl (C=O) groups excluding carboxylic acids is 1. The van der Waals surface area contributed by atoms with Crippen LogP contribution in [0.2, 0.25) is 0 Å². The molecule has 1 rings (SSSR count). The molecule has 1 aliphatic rings. The Morgan fingerprint density at radius 3 is 2.50 bits per heavy atom. The molecule has 1 fully saturated rings. The van der Waals surface area contributed by atoms with Gasteiger partial charge in [0.25, 0.3) is 0 Å². The van der Waals surface area contributed by atoms with Gasteiger partial charge in [0.05, 0.1) is 23.9 Å². The van der Waals surface area contributed by atoms with Gasteiger partial charge in [-0.2, -0.15) is 0 Å². The van der Waals surface area contributed by atoms with E-state index in [0.29, 0.717) is 43.8 Å². The zero-order valence-corrected chi connectivity index (χ0v) is 13.5. The summed E-state index contributed by atoms with van der Waals surface area (Å²) in [4.78, 5) is 11.6. The summed E-state index contributed by atoms with van der Waals surface area (Å²) in [5.41, 5.74) is -0.847. The van der Waals surface area contributed by atoms with Gasteiger partial charge in [0.15, 0.2) is 0 Å². The second-order valence-corrected chi connectivity index (χ2v) is 7.32. The minimum atomic E-state index is -0.950. The van der Waals surface area contributed by atoms with Gasteiger partial charge < -0.3 is 9.84 Å². The Bertz CT molecular complexity index is 322. The number of hydrogen-bond acceptors (Lipinski definition) is 4. The SMILES string of the molecule is CCCCCS(=O)CC1(O)CCC(C(=O)OCC)CC1. The third-order valence-electron chi connectivity index (χ3n) is 3.94. The summed E-state index contributed by atoms with van der Waals surface area (Å²) in [6.45, 7) is 4.32. The molecule has 118 valence electrons. The molecule has 4 nitrogen and oxygen atoms in total. The molecular weight excluding hydrogens is 276 g/mol. The van der Waals surface area contributed by atoms with Crippen molar-refractivity contribution < 1.29 is 18.8 Å². The van der Waals surface area contributed by atoms with Crippen LogP contribution in [0, 0.1) is 5.92 Å². The van der Waals surface area contributed by atoms with E-state index >= 15 is 0 Å². The average molecular weight is 304 g/mol. The van der Waals surface area contributed by atoms with E-state index in [9.17, 15) is 14.1 Å². The van der Waals surface area contributed by atoms with E-state index in [0.717, 1.165) is 19.3 Å². The number of ether oxygens (including phenoxy) is 1. The van der Waals surface area contributed by atoms with Crippen LogP contribution in [0.3, 0.4) is 0 Å². The van der Waals surface area contributed by atoms with Crippen LogP contribution in [0.5, 0.6) is 0 Å². The molecule has 0 aromatic carbocycles. The lowest BCUT2D eigenvalue weighted by molar-refractivity contribution is -0.150. The standard InChI is InChI=1S/C15H28O4S/c1-3-5-6-11-20(18)12-15(17)9-7-13(8-10-15)14(16)19-4-2/h13,17H,3-12H2,1-2H3. The number of carbonyl (C=O) groups is 1. The Hall–Kier alpha value is -0.420. The molecule has 0 radical (unpaired) electrons. The van der Waals surface area contributed by atoms with Gasteiger partial charge >= 0.3 is 5.97 Å². The van der Waals surface area contributed by atoms with Gasteiger partial charge in [-0.05, 0) is 39.0 Å². The summed E-state index contributed by atoms with van der Waals surface area (Å²) >= 11 is 0. The lowest BCUT2D eigenvalue weighted by Gasteiger charge is -2.34. The summed E-state index contributed by atoms with van der Waals surface area (Å²) in [5.74, 6) is 0.784. The van der Waals surface area contributed by atoms with Crippen LogP contribution in [-0.4, -0.2) is 39.0 Å². The molecule has 1 saturated carbocycles. The first-order valence-electron chi connectivity index (χ1n) is 7.74. The predicted molar refractivity (Wildman–Crippen MR) is 80.9 cm³/mol. The lowest BCUT2D eigenvalue weighted by Crippen LogP contribution is -2.41. The fourth-order valence-corrected chi connectivity index (χ4v) is 4.24. The van der Waals surface area contributed by atoms with Crippen molar-refractivity contribution >= 4 is 16.8 Å². The first kappa shape index (κ1) is 17.6. The molecule has 0 aliphatic heterocycles. The summed E-state index contributed by atoms with van der Waals surface area (Å²) in [6.07, 6.45) is 5.55. The van der Waals surface area contributed by atoms with Crippen molar-refractivity contribution in [3.63, 3.8) is 0 Å². The Morgan fingerprint density at radius 1 is 1.30 bits per heavy atom. The van der Waals surface area contributed by atoms with Crippen LogP contribution >= 0.6 is 0 Å². The van der Waals surface area contributed by atoms with Crippen LogP contribution < -0.4 is 0 Å². The monoisotopic (exact) mass is 304 g/mol. The zero-order valence-electron chi connectivity index (χ0n) is 12.7. The topological polar surface area (TPSA) is 63.6 Å². The minimum Gasteiger partial charge on any atom is -0.466 e. The normalized spacial score (nSPS) is 28.1. The van der Waals surface area contributed by atoms with E-state index < -0.39 is 16.4 Å². The second kappa shape index (κ2) is 8.78. The lowest BCUT2D eigenvalue weighted by atomic mass is 9.80. The van der Waals surface area contributed by atoms with Crippen LogP contribution in [0.25, 0.3) is 0 Å². The van der Waals surface area contributed by atoms with E-state index in [1.54, 1.807) is 6.92 Å². The number of esters is 1. The maximum Gasteiger partial charge on any atom is 0.308 e. The third-order valence-corrected chi connectivity index (χ3v) is 5.54. The summed E-state index contributed by atoms with van der Waals surface area (Å²) < 4.78 is 17.0. The minimum absolute atomic E-state index is 0.0937. The molecule has 1 aliphatic carbocycles. The molecule has 20 heavy (non-hydrogen) atoms. The van der Waals surface area contributed by atoms with Gasteiger partial charge in [-0.3, -0.25) is 9.00 Å². The predicted octanol–water partition coefficient (Wildman–Crippen LogP) is 2.41. The maximum atomic E-state index is 12.0. The number of rotatable bonds is 8. The molecule has 1 N–H and O–H groups in total. The van der Waals surface area contributed by atoms with Crippen molar-refractivity contribution in [3.05, 3.63) is 0 Å². The largest absolute Gasteiger partial charge is 0.466 e. The fraction of sp³-hybridized carbons (Fsp3) is 0.933. The maximum absolute atomic E-state index is 12.0. The molecule has 1 unspecified atom stereocenters. The van der Waals surface area contributed by atoms with E-state index in [4.69, 9.17) is 4.74 Å². The molecule has 0 bridgehead atoms. The Balaban J connectivity index is 2.34. The van der Waals surface area contributed by atoms with Crippen LogP contribution in [0.4, 0.5) is 0 Å².